The van der Waals surface area contributed by atoms with Gasteiger partial charge in [0, 0.05) is 45.7 Å². The molecule has 0 spiro atoms. The van der Waals surface area contributed by atoms with Crippen molar-refractivity contribution in [1.29, 1.82) is 0 Å². The summed E-state index contributed by atoms with van der Waals surface area (Å²) in [6.45, 7) is -0.229. The first-order valence-corrected chi connectivity index (χ1v) is 10.7. The summed E-state index contributed by atoms with van der Waals surface area (Å²) < 4.78 is 50.9. The van der Waals surface area contributed by atoms with Gasteiger partial charge in [-0.2, -0.15) is 13.2 Å². The van der Waals surface area contributed by atoms with Crippen molar-refractivity contribution in [3.05, 3.63) is 101 Å². The van der Waals surface area contributed by atoms with Crippen LogP contribution >= 0.6 is 0 Å². The smallest absolute Gasteiger partial charge is 0.361 e. The van der Waals surface area contributed by atoms with E-state index >= 15 is 13.2 Å². The number of hydrogen-bond donors (Lipinski definition) is 3. The molecule has 2 aromatic heterocycles. The van der Waals surface area contributed by atoms with E-state index in [0.717, 1.165) is 21.9 Å². The third-order valence-corrected chi connectivity index (χ3v) is 6.38. The molecule has 5 aromatic rings. The number of fused-ring (bicyclic) bond motifs is 5. The molecule has 0 saturated heterocycles. The molecule has 0 unspecified atom stereocenters. The summed E-state index contributed by atoms with van der Waals surface area (Å²) >= 11 is 0. The van der Waals surface area contributed by atoms with Crippen molar-refractivity contribution in [2.75, 3.05) is 5.32 Å². The molecule has 0 amide bonds. The van der Waals surface area contributed by atoms with E-state index in [1.54, 1.807) is 24.4 Å². The molecule has 0 aliphatic carbocycles. The van der Waals surface area contributed by atoms with E-state index in [0.29, 0.717) is 28.8 Å². The number of H-pyrrole nitrogens is 2. The van der Waals surface area contributed by atoms with Crippen LogP contribution in [0.4, 0.5) is 18.9 Å². The summed E-state index contributed by atoms with van der Waals surface area (Å²) in [4.78, 5) is 6.15. The molecule has 1 atom stereocenters. The zero-order valence-electron chi connectivity index (χ0n) is 17.5. The molecule has 3 N–H and O–H groups in total. The predicted octanol–water partition coefficient (Wildman–Crippen LogP) is 6.60. The van der Waals surface area contributed by atoms with Gasteiger partial charge in [0.2, 0.25) is 0 Å². The molecule has 3 heterocycles. The molecule has 3 aromatic carbocycles. The van der Waals surface area contributed by atoms with E-state index in [1.807, 2.05) is 54.6 Å². The number of para-hydroxylation sites is 3. The van der Waals surface area contributed by atoms with E-state index in [9.17, 15) is 0 Å². The number of ether oxygens (including phenoxy) is 1. The summed E-state index contributed by atoms with van der Waals surface area (Å²) in [5.74, 6) is 0. The molecule has 0 fully saturated rings. The molecule has 0 saturated carbocycles. The van der Waals surface area contributed by atoms with Crippen LogP contribution in [0.15, 0.2) is 79.0 Å². The monoisotopic (exact) mass is 447 g/mol. The maximum absolute atomic E-state index is 15.0. The van der Waals surface area contributed by atoms with Gasteiger partial charge in [-0.1, -0.05) is 54.6 Å². The van der Waals surface area contributed by atoms with E-state index in [2.05, 4.69) is 15.3 Å². The summed E-state index contributed by atoms with van der Waals surface area (Å²) in [6.07, 6.45) is -2.69. The fraction of sp³-hybridized carbons (Fsp3) is 0.154. The fourth-order valence-electron chi connectivity index (χ4n) is 4.76. The van der Waals surface area contributed by atoms with Crippen molar-refractivity contribution in [2.45, 2.75) is 24.9 Å². The van der Waals surface area contributed by atoms with Gasteiger partial charge < -0.3 is 20.0 Å². The van der Waals surface area contributed by atoms with Crippen LogP contribution in [-0.2, 0) is 23.5 Å². The van der Waals surface area contributed by atoms with Crippen LogP contribution < -0.4 is 5.32 Å². The molecule has 1 aliphatic heterocycles. The number of halogens is 3. The lowest BCUT2D eigenvalue weighted by Gasteiger charge is -2.36. The minimum absolute atomic E-state index is 0.00718. The van der Waals surface area contributed by atoms with E-state index in [-0.39, 0.29) is 12.3 Å². The highest BCUT2D eigenvalue weighted by atomic mass is 19.4. The van der Waals surface area contributed by atoms with Crippen LogP contribution in [0.25, 0.3) is 21.8 Å². The number of anilines is 1. The fourth-order valence-corrected chi connectivity index (χ4v) is 4.76. The van der Waals surface area contributed by atoms with Gasteiger partial charge in [-0.05, 0) is 29.3 Å². The Labute approximate surface area is 187 Å². The summed E-state index contributed by atoms with van der Waals surface area (Å²) in [5, 5.41) is 4.35. The lowest BCUT2D eigenvalue weighted by Crippen LogP contribution is -2.51. The molecule has 166 valence electrons. The number of nitrogens with one attached hydrogen (secondary N) is 3. The second-order valence-corrected chi connectivity index (χ2v) is 8.31. The SMILES string of the molecule is FC(F)(F)[C@]1(OCc2c[nH]c3ccccc23)Nc2ccccc2Cc2c1[nH]c1ccccc21. The highest BCUT2D eigenvalue weighted by molar-refractivity contribution is 5.86. The Hall–Kier alpha value is -3.71. The second kappa shape index (κ2) is 7.15. The maximum Gasteiger partial charge on any atom is 0.442 e. The van der Waals surface area contributed by atoms with Crippen molar-refractivity contribution in [3.63, 3.8) is 0 Å². The first kappa shape index (κ1) is 19.9. The Kier molecular flexibility index (Phi) is 4.32. The Balaban J connectivity index is 1.55. The van der Waals surface area contributed by atoms with Crippen molar-refractivity contribution >= 4 is 27.5 Å². The zero-order chi connectivity index (χ0) is 22.6. The highest BCUT2D eigenvalue weighted by Gasteiger charge is 2.61. The molecule has 1 aliphatic rings. The van der Waals surface area contributed by atoms with Gasteiger partial charge in [0.15, 0.2) is 0 Å². The lowest BCUT2D eigenvalue weighted by atomic mass is 9.99. The molecule has 0 radical (unpaired) electrons. The highest BCUT2D eigenvalue weighted by Crippen LogP contribution is 2.48. The van der Waals surface area contributed by atoms with Gasteiger partial charge in [0.1, 0.15) is 0 Å². The van der Waals surface area contributed by atoms with Crippen molar-refractivity contribution in [1.82, 2.24) is 9.97 Å². The Bertz CT molecular complexity index is 1480. The van der Waals surface area contributed by atoms with Crippen LogP contribution in [0.3, 0.4) is 0 Å². The Morgan fingerprint density at radius 1 is 0.848 bits per heavy atom. The molecule has 33 heavy (non-hydrogen) atoms. The van der Waals surface area contributed by atoms with Crippen LogP contribution in [-0.4, -0.2) is 16.1 Å². The lowest BCUT2D eigenvalue weighted by molar-refractivity contribution is -0.278. The van der Waals surface area contributed by atoms with Gasteiger partial charge in [-0.3, -0.25) is 0 Å². The van der Waals surface area contributed by atoms with Gasteiger partial charge in [0.05, 0.1) is 12.3 Å². The number of alkyl halides is 3. The minimum atomic E-state index is -4.74. The molecular weight excluding hydrogens is 427 g/mol. The molecule has 6 rings (SSSR count). The summed E-state index contributed by atoms with van der Waals surface area (Å²) in [5.41, 5.74) is 1.17. The van der Waals surface area contributed by atoms with Crippen LogP contribution in [0.2, 0.25) is 0 Å². The van der Waals surface area contributed by atoms with E-state index < -0.39 is 11.9 Å². The largest absolute Gasteiger partial charge is 0.442 e. The summed E-state index contributed by atoms with van der Waals surface area (Å²) in [6, 6.07) is 21.8. The average molecular weight is 447 g/mol. The number of aromatic amines is 2. The topological polar surface area (TPSA) is 52.8 Å². The number of rotatable bonds is 3. The molecular formula is C26H20F3N3O. The van der Waals surface area contributed by atoms with Crippen molar-refractivity contribution < 1.29 is 17.9 Å². The maximum atomic E-state index is 15.0. The third-order valence-electron chi connectivity index (χ3n) is 6.38. The van der Waals surface area contributed by atoms with Gasteiger partial charge in [0.25, 0.3) is 5.72 Å². The standard InChI is InChI=1S/C26H20F3N3O/c27-26(28,29)25(33-15-17-14-30-22-11-5-2-8-18(17)22)24-20(19-9-3-6-12-23(19)31-24)13-16-7-1-4-10-21(16)32-25/h1-12,14,30-32H,13,15H2/t25-/m0/s1. The minimum Gasteiger partial charge on any atom is -0.361 e. The van der Waals surface area contributed by atoms with Gasteiger partial charge in [-0.25, -0.2) is 0 Å². The van der Waals surface area contributed by atoms with Crippen LogP contribution in [0.1, 0.15) is 22.4 Å². The number of benzene rings is 3. The van der Waals surface area contributed by atoms with Gasteiger partial charge in [-0.15, -0.1) is 0 Å². The number of hydrogen-bond acceptors (Lipinski definition) is 2. The van der Waals surface area contributed by atoms with Crippen molar-refractivity contribution in [2.24, 2.45) is 0 Å². The Morgan fingerprint density at radius 2 is 1.55 bits per heavy atom. The van der Waals surface area contributed by atoms with Crippen LogP contribution in [0, 0.1) is 0 Å². The first-order chi connectivity index (χ1) is 16.0. The van der Waals surface area contributed by atoms with Crippen molar-refractivity contribution in [3.8, 4) is 0 Å². The molecule has 0 bridgehead atoms. The normalized spacial score (nSPS) is 18.0. The van der Waals surface area contributed by atoms with Crippen LogP contribution in [0.5, 0.6) is 0 Å². The summed E-state index contributed by atoms with van der Waals surface area (Å²) in [7, 11) is 0. The first-order valence-electron chi connectivity index (χ1n) is 10.7. The van der Waals surface area contributed by atoms with E-state index in [4.69, 9.17) is 4.74 Å². The average Bonchev–Trinajstić information content (AvgIpc) is 3.35. The molecule has 4 nitrogen and oxygen atoms in total. The second-order valence-electron chi connectivity index (χ2n) is 8.31. The quantitative estimate of drug-likeness (QED) is 0.292. The third kappa shape index (κ3) is 3.03. The Morgan fingerprint density at radius 3 is 2.36 bits per heavy atom. The number of aromatic nitrogens is 2. The zero-order valence-corrected chi connectivity index (χ0v) is 17.5. The molecule has 7 heteroatoms. The van der Waals surface area contributed by atoms with E-state index in [1.165, 1.54) is 0 Å². The van der Waals surface area contributed by atoms with Gasteiger partial charge >= 0.3 is 6.18 Å². The predicted molar refractivity (Wildman–Crippen MR) is 122 cm³/mol.